The Labute approximate surface area is 271 Å². The lowest BCUT2D eigenvalue weighted by molar-refractivity contribution is 0.00578. The Morgan fingerprint density at radius 3 is 1.67 bits per heavy atom. The second-order valence-electron chi connectivity index (χ2n) is 13.2. The second-order valence-corrected chi connectivity index (χ2v) is 13.2. The van der Waals surface area contributed by atoms with Gasteiger partial charge in [-0.2, -0.15) is 0 Å². The SMILES string of the molecule is CC1(C)OB(c2ccc3c(c2)c2c(-c4ccccc4)ccc(-c4ccccc4)c2n3-c2cccc(-c3ccccc3)c2)OC1(C)C. The molecule has 7 aromatic rings. The summed E-state index contributed by atoms with van der Waals surface area (Å²) in [6, 6.07) is 52.2. The predicted octanol–water partition coefficient (Wildman–Crippen LogP) is 10.1. The van der Waals surface area contributed by atoms with Crippen LogP contribution in [-0.2, 0) is 9.31 Å². The van der Waals surface area contributed by atoms with E-state index in [-0.39, 0.29) is 0 Å². The molecule has 0 aliphatic carbocycles. The normalized spacial score (nSPS) is 15.5. The molecule has 2 heterocycles. The average Bonchev–Trinajstić information content (AvgIpc) is 3.54. The quantitative estimate of drug-likeness (QED) is 0.184. The van der Waals surface area contributed by atoms with E-state index >= 15 is 0 Å². The number of fused-ring (bicyclic) bond motifs is 3. The van der Waals surface area contributed by atoms with Crippen molar-refractivity contribution >= 4 is 34.4 Å². The van der Waals surface area contributed by atoms with Crippen LogP contribution in [0.3, 0.4) is 0 Å². The topological polar surface area (TPSA) is 23.4 Å². The summed E-state index contributed by atoms with van der Waals surface area (Å²) in [6.07, 6.45) is 0. The monoisotopic (exact) mass is 597 g/mol. The highest BCUT2D eigenvalue weighted by atomic mass is 16.7. The first kappa shape index (κ1) is 28.6. The van der Waals surface area contributed by atoms with Crippen LogP contribution in [0.15, 0.2) is 146 Å². The summed E-state index contributed by atoms with van der Waals surface area (Å²) in [7, 11) is -0.452. The maximum atomic E-state index is 6.55. The van der Waals surface area contributed by atoms with Crippen molar-refractivity contribution in [3.63, 3.8) is 0 Å². The highest BCUT2D eigenvalue weighted by Gasteiger charge is 2.51. The third-order valence-corrected chi connectivity index (χ3v) is 9.84. The van der Waals surface area contributed by atoms with Crippen molar-refractivity contribution < 1.29 is 9.31 Å². The lowest BCUT2D eigenvalue weighted by Gasteiger charge is -2.32. The van der Waals surface area contributed by atoms with Crippen LogP contribution >= 0.6 is 0 Å². The van der Waals surface area contributed by atoms with Gasteiger partial charge in [0.2, 0.25) is 0 Å². The molecular weight excluding hydrogens is 561 g/mol. The van der Waals surface area contributed by atoms with E-state index in [1.807, 2.05) is 0 Å². The van der Waals surface area contributed by atoms with Crippen LogP contribution in [0.2, 0.25) is 0 Å². The molecule has 0 atom stereocenters. The Morgan fingerprint density at radius 2 is 1.04 bits per heavy atom. The minimum Gasteiger partial charge on any atom is -0.399 e. The minimum absolute atomic E-state index is 0.422. The average molecular weight is 598 g/mol. The molecule has 1 fully saturated rings. The van der Waals surface area contributed by atoms with Crippen molar-refractivity contribution in [2.45, 2.75) is 38.9 Å². The number of hydrogen-bond donors (Lipinski definition) is 0. The van der Waals surface area contributed by atoms with Crippen molar-refractivity contribution in [1.29, 1.82) is 0 Å². The van der Waals surface area contributed by atoms with Crippen molar-refractivity contribution in [1.82, 2.24) is 4.57 Å². The number of rotatable bonds is 5. The summed E-state index contributed by atoms with van der Waals surface area (Å²) in [6.45, 7) is 8.43. The van der Waals surface area contributed by atoms with Crippen molar-refractivity contribution in [3.8, 4) is 39.1 Å². The van der Waals surface area contributed by atoms with E-state index in [4.69, 9.17) is 9.31 Å². The zero-order chi connectivity index (χ0) is 31.5. The molecule has 1 saturated heterocycles. The fourth-order valence-corrected chi connectivity index (χ4v) is 6.72. The van der Waals surface area contributed by atoms with E-state index in [0.717, 1.165) is 16.7 Å². The summed E-state index contributed by atoms with van der Waals surface area (Å²) in [5, 5.41) is 2.38. The molecule has 0 spiro atoms. The van der Waals surface area contributed by atoms with E-state index in [1.165, 1.54) is 49.7 Å². The van der Waals surface area contributed by atoms with Gasteiger partial charge < -0.3 is 13.9 Å². The van der Waals surface area contributed by atoms with E-state index in [1.54, 1.807) is 0 Å². The molecule has 1 aromatic heterocycles. The summed E-state index contributed by atoms with van der Waals surface area (Å²) in [4.78, 5) is 0. The maximum absolute atomic E-state index is 6.55. The third-order valence-electron chi connectivity index (χ3n) is 9.84. The Balaban J connectivity index is 1.47. The van der Waals surface area contributed by atoms with Crippen molar-refractivity contribution in [2.24, 2.45) is 0 Å². The summed E-state index contributed by atoms with van der Waals surface area (Å²) < 4.78 is 15.5. The summed E-state index contributed by atoms with van der Waals surface area (Å²) in [5.74, 6) is 0. The summed E-state index contributed by atoms with van der Waals surface area (Å²) in [5.41, 5.74) is 10.7. The van der Waals surface area contributed by atoms with E-state index in [9.17, 15) is 0 Å². The Morgan fingerprint density at radius 1 is 0.500 bits per heavy atom. The minimum atomic E-state index is -0.452. The molecule has 0 unspecified atom stereocenters. The van der Waals surface area contributed by atoms with Gasteiger partial charge in [0, 0.05) is 22.0 Å². The molecule has 0 bridgehead atoms. The van der Waals surface area contributed by atoms with Crippen molar-refractivity contribution in [3.05, 3.63) is 146 Å². The van der Waals surface area contributed by atoms with Gasteiger partial charge in [0.1, 0.15) is 0 Å². The lowest BCUT2D eigenvalue weighted by atomic mass is 9.78. The molecule has 46 heavy (non-hydrogen) atoms. The van der Waals surface area contributed by atoms with Crippen LogP contribution in [0.1, 0.15) is 27.7 Å². The number of hydrogen-bond acceptors (Lipinski definition) is 2. The van der Waals surface area contributed by atoms with Crippen LogP contribution < -0.4 is 5.46 Å². The molecule has 6 aromatic carbocycles. The zero-order valence-corrected chi connectivity index (χ0v) is 26.7. The van der Waals surface area contributed by atoms with E-state index in [0.29, 0.717) is 0 Å². The van der Waals surface area contributed by atoms with Gasteiger partial charge in [-0.05, 0) is 79.2 Å². The fraction of sp³-hybridized carbons (Fsp3) is 0.143. The van der Waals surface area contributed by atoms with Crippen molar-refractivity contribution in [2.75, 3.05) is 0 Å². The Kier molecular flexibility index (Phi) is 6.75. The molecule has 0 radical (unpaired) electrons. The van der Waals surface area contributed by atoms with E-state index < -0.39 is 18.3 Å². The van der Waals surface area contributed by atoms with Gasteiger partial charge in [-0.3, -0.25) is 0 Å². The van der Waals surface area contributed by atoms with Crippen LogP contribution in [0.25, 0.3) is 60.9 Å². The molecule has 8 rings (SSSR count). The highest BCUT2D eigenvalue weighted by molar-refractivity contribution is 6.62. The predicted molar refractivity (Wildman–Crippen MR) is 193 cm³/mol. The molecule has 0 N–H and O–H groups in total. The largest absolute Gasteiger partial charge is 0.494 e. The maximum Gasteiger partial charge on any atom is 0.494 e. The first-order chi connectivity index (χ1) is 22.3. The fourth-order valence-electron chi connectivity index (χ4n) is 6.72. The van der Waals surface area contributed by atoms with Gasteiger partial charge in [-0.25, -0.2) is 0 Å². The Bertz CT molecular complexity index is 2190. The first-order valence-corrected chi connectivity index (χ1v) is 16.0. The second kappa shape index (κ2) is 10.9. The third kappa shape index (κ3) is 4.68. The lowest BCUT2D eigenvalue weighted by Crippen LogP contribution is -2.41. The highest BCUT2D eigenvalue weighted by Crippen LogP contribution is 2.44. The molecular formula is C42H36BNO2. The van der Waals surface area contributed by atoms with Gasteiger partial charge in [0.15, 0.2) is 0 Å². The standard InChI is InChI=1S/C42H36BNO2/c1-41(2)42(3,4)46-43(45-41)33-23-26-38-37(28-33)39-35(30-17-10-6-11-18-30)24-25-36(31-19-12-7-13-20-31)40(39)44(38)34-22-14-21-32(27-34)29-15-8-5-9-16-29/h5-28H,1-4H3. The molecule has 4 heteroatoms. The Hall–Kier alpha value is -4.90. The zero-order valence-electron chi connectivity index (χ0n) is 26.7. The van der Waals surface area contributed by atoms with Crippen LogP contribution in [0.4, 0.5) is 0 Å². The first-order valence-electron chi connectivity index (χ1n) is 16.0. The molecule has 3 nitrogen and oxygen atoms in total. The molecule has 0 amide bonds. The van der Waals surface area contributed by atoms with Gasteiger partial charge in [-0.1, -0.05) is 127 Å². The van der Waals surface area contributed by atoms with Gasteiger partial charge >= 0.3 is 7.12 Å². The van der Waals surface area contributed by atoms with Crippen LogP contribution in [0, 0.1) is 0 Å². The van der Waals surface area contributed by atoms with Crippen LogP contribution in [0.5, 0.6) is 0 Å². The molecule has 0 saturated carbocycles. The molecule has 1 aliphatic heterocycles. The smallest absolute Gasteiger partial charge is 0.399 e. The van der Waals surface area contributed by atoms with Gasteiger partial charge in [0.05, 0.1) is 22.2 Å². The number of nitrogens with zero attached hydrogens (tertiary/aromatic N) is 1. The number of benzene rings is 6. The summed E-state index contributed by atoms with van der Waals surface area (Å²) >= 11 is 0. The van der Waals surface area contributed by atoms with E-state index in [2.05, 4.69) is 178 Å². The number of aromatic nitrogens is 1. The van der Waals surface area contributed by atoms with Gasteiger partial charge in [0.25, 0.3) is 0 Å². The van der Waals surface area contributed by atoms with Gasteiger partial charge in [-0.15, -0.1) is 0 Å². The molecule has 1 aliphatic rings. The molecule has 224 valence electrons. The van der Waals surface area contributed by atoms with Crippen LogP contribution in [-0.4, -0.2) is 22.9 Å².